The van der Waals surface area contributed by atoms with Crippen molar-refractivity contribution in [1.29, 1.82) is 0 Å². The Bertz CT molecular complexity index is 1350. The van der Waals surface area contributed by atoms with E-state index in [9.17, 15) is 18.0 Å². The fourth-order valence-corrected chi connectivity index (χ4v) is 3.46. The molecule has 11 heteroatoms. The van der Waals surface area contributed by atoms with E-state index in [0.29, 0.717) is 11.3 Å². The lowest BCUT2D eigenvalue weighted by atomic mass is 10.1. The molecule has 7 nitrogen and oxygen atoms in total. The van der Waals surface area contributed by atoms with Crippen LogP contribution in [-0.2, 0) is 0 Å². The predicted octanol–water partition coefficient (Wildman–Crippen LogP) is 6.00. The Hall–Kier alpha value is -3.66. The number of fused-ring (bicyclic) bond motifs is 1. The van der Waals surface area contributed by atoms with Crippen LogP contribution in [0.15, 0.2) is 54.9 Å². The van der Waals surface area contributed by atoms with Gasteiger partial charge in [0.1, 0.15) is 18.0 Å². The number of pyridine rings is 1. The van der Waals surface area contributed by atoms with E-state index in [-0.39, 0.29) is 18.3 Å². The van der Waals surface area contributed by atoms with Crippen molar-refractivity contribution in [3.8, 4) is 22.5 Å². The van der Waals surface area contributed by atoms with E-state index in [0.717, 1.165) is 34.0 Å². The van der Waals surface area contributed by atoms with E-state index in [1.165, 1.54) is 0 Å². The zero-order valence-corrected chi connectivity index (χ0v) is 20.0. The highest BCUT2D eigenvalue weighted by Gasteiger charge is 2.27. The smallest absolute Gasteiger partial charge is 0.329 e. The molecular formula is C24H24ClF3N6O. The molecule has 0 bridgehead atoms. The second-order valence-corrected chi connectivity index (χ2v) is 8.20. The van der Waals surface area contributed by atoms with E-state index >= 15 is 0 Å². The third-order valence-electron chi connectivity index (χ3n) is 5.06. The summed E-state index contributed by atoms with van der Waals surface area (Å²) in [5.74, 6) is 0.985. The first kappa shape index (κ1) is 26.0. The van der Waals surface area contributed by atoms with Crippen LogP contribution in [0.4, 0.5) is 23.7 Å². The Labute approximate surface area is 206 Å². The number of amides is 2. The number of carbonyl (C=O) groups is 1. The number of carbonyl (C=O) groups excluding carboxylic acids is 1. The van der Waals surface area contributed by atoms with Gasteiger partial charge >= 0.3 is 12.2 Å². The minimum atomic E-state index is -4.48. The maximum Gasteiger partial charge on any atom is 0.405 e. The molecule has 2 N–H and O–H groups in total. The highest BCUT2D eigenvalue weighted by molar-refractivity contribution is 5.90. The zero-order chi connectivity index (χ0) is 24.5. The van der Waals surface area contributed by atoms with Gasteiger partial charge in [-0.2, -0.15) is 13.2 Å². The lowest BCUT2D eigenvalue weighted by molar-refractivity contribution is -0.122. The third-order valence-corrected chi connectivity index (χ3v) is 5.06. The van der Waals surface area contributed by atoms with Gasteiger partial charge in [-0.25, -0.2) is 19.7 Å². The van der Waals surface area contributed by atoms with E-state index in [2.05, 4.69) is 20.3 Å². The molecule has 3 aromatic heterocycles. The lowest BCUT2D eigenvalue weighted by Gasteiger charge is -2.11. The van der Waals surface area contributed by atoms with Crippen LogP contribution in [-0.4, -0.2) is 38.1 Å². The van der Waals surface area contributed by atoms with Gasteiger partial charge in [0.2, 0.25) is 0 Å². The zero-order valence-electron chi connectivity index (χ0n) is 19.2. The van der Waals surface area contributed by atoms with Gasteiger partial charge in [0.05, 0.1) is 17.6 Å². The van der Waals surface area contributed by atoms with Gasteiger partial charge in [-0.3, -0.25) is 4.40 Å². The number of alkyl halides is 3. The van der Waals surface area contributed by atoms with Crippen molar-refractivity contribution < 1.29 is 18.0 Å². The second kappa shape index (κ2) is 10.3. The number of imidazole rings is 1. The maximum absolute atomic E-state index is 12.3. The Morgan fingerprint density at radius 3 is 2.57 bits per heavy atom. The van der Waals surface area contributed by atoms with Gasteiger partial charge in [0.25, 0.3) is 0 Å². The van der Waals surface area contributed by atoms with E-state index in [4.69, 9.17) is 0 Å². The molecule has 1 aromatic carbocycles. The summed E-state index contributed by atoms with van der Waals surface area (Å²) in [4.78, 5) is 25.5. The van der Waals surface area contributed by atoms with Gasteiger partial charge < -0.3 is 10.6 Å². The highest BCUT2D eigenvalue weighted by Crippen LogP contribution is 2.27. The van der Waals surface area contributed by atoms with E-state index in [1.807, 2.05) is 55.6 Å². The van der Waals surface area contributed by atoms with Crippen LogP contribution in [0.2, 0.25) is 0 Å². The average molecular weight is 505 g/mol. The molecule has 0 aliphatic heterocycles. The summed E-state index contributed by atoms with van der Waals surface area (Å²) in [5.41, 5.74) is 5.20. The number of hydrogen-bond acceptors (Lipinski definition) is 4. The number of benzene rings is 1. The van der Waals surface area contributed by atoms with Crippen molar-refractivity contribution in [2.45, 2.75) is 32.9 Å². The van der Waals surface area contributed by atoms with Gasteiger partial charge in [0, 0.05) is 34.6 Å². The summed E-state index contributed by atoms with van der Waals surface area (Å²) in [7, 11) is 0. The minimum absolute atomic E-state index is 0. The number of nitrogens with one attached hydrogen (secondary N) is 2. The quantitative estimate of drug-likeness (QED) is 0.349. The molecule has 35 heavy (non-hydrogen) atoms. The summed E-state index contributed by atoms with van der Waals surface area (Å²) in [6.07, 6.45) is -0.891. The van der Waals surface area contributed by atoms with E-state index in [1.54, 1.807) is 29.7 Å². The summed E-state index contributed by atoms with van der Waals surface area (Å²) in [5, 5.41) is 4.21. The molecule has 0 aliphatic carbocycles. The second-order valence-electron chi connectivity index (χ2n) is 8.20. The van der Waals surface area contributed by atoms with Gasteiger partial charge in [0.15, 0.2) is 0 Å². The van der Waals surface area contributed by atoms with Crippen LogP contribution in [0.5, 0.6) is 0 Å². The number of nitrogens with zero attached hydrogens (tertiary/aromatic N) is 4. The summed E-state index contributed by atoms with van der Waals surface area (Å²) < 4.78 is 38.8. The number of anilines is 1. The normalized spacial score (nSPS) is 11.4. The molecule has 2 amide bonds. The third kappa shape index (κ3) is 6.27. The van der Waals surface area contributed by atoms with E-state index < -0.39 is 18.8 Å². The summed E-state index contributed by atoms with van der Waals surface area (Å²) in [6, 6.07) is 11.7. The Morgan fingerprint density at radius 1 is 1.09 bits per heavy atom. The maximum atomic E-state index is 12.3. The van der Waals surface area contributed by atoms with Crippen LogP contribution in [0.25, 0.3) is 28.2 Å². The first-order valence-corrected chi connectivity index (χ1v) is 10.6. The van der Waals surface area contributed by atoms with Gasteiger partial charge in [-0.1, -0.05) is 26.0 Å². The lowest BCUT2D eigenvalue weighted by Crippen LogP contribution is -2.36. The van der Waals surface area contributed by atoms with Gasteiger partial charge in [-0.05, 0) is 37.3 Å². The van der Waals surface area contributed by atoms with Crippen molar-refractivity contribution >= 4 is 29.8 Å². The van der Waals surface area contributed by atoms with Gasteiger partial charge in [-0.15, -0.1) is 12.4 Å². The van der Waals surface area contributed by atoms with Crippen molar-refractivity contribution in [3.05, 3.63) is 66.4 Å². The molecule has 0 radical (unpaired) electrons. The molecule has 0 unspecified atom stereocenters. The predicted molar refractivity (Wildman–Crippen MR) is 131 cm³/mol. The molecule has 4 aromatic rings. The molecule has 0 saturated carbocycles. The molecule has 0 spiro atoms. The Balaban J connectivity index is 0.00000342. The highest BCUT2D eigenvalue weighted by atomic mass is 35.5. The first-order chi connectivity index (χ1) is 16.1. The van der Waals surface area contributed by atoms with Crippen LogP contribution in [0.3, 0.4) is 0 Å². The Kier molecular flexibility index (Phi) is 7.64. The fraction of sp³-hybridized carbons (Fsp3) is 0.250. The molecular weight excluding hydrogens is 481 g/mol. The molecule has 3 heterocycles. The number of rotatable bonds is 5. The number of urea groups is 1. The van der Waals surface area contributed by atoms with Crippen LogP contribution in [0, 0.1) is 6.92 Å². The largest absolute Gasteiger partial charge is 0.405 e. The molecule has 0 saturated heterocycles. The van der Waals surface area contributed by atoms with Crippen molar-refractivity contribution in [1.82, 2.24) is 24.7 Å². The number of aryl methyl sites for hydroxylation is 1. The molecule has 184 valence electrons. The summed E-state index contributed by atoms with van der Waals surface area (Å²) in [6.45, 7) is 4.63. The minimum Gasteiger partial charge on any atom is -0.329 e. The topological polar surface area (TPSA) is 84.2 Å². The average Bonchev–Trinajstić information content (AvgIpc) is 3.20. The number of hydrogen-bond donors (Lipinski definition) is 2. The summed E-state index contributed by atoms with van der Waals surface area (Å²) >= 11 is 0. The van der Waals surface area contributed by atoms with Crippen LogP contribution >= 0.6 is 12.4 Å². The van der Waals surface area contributed by atoms with Crippen LogP contribution < -0.4 is 10.6 Å². The van der Waals surface area contributed by atoms with Crippen molar-refractivity contribution in [3.63, 3.8) is 0 Å². The Morgan fingerprint density at radius 2 is 1.86 bits per heavy atom. The standard InChI is InChI=1S/C24H23F3N6O.ClH/c1-14(2)22-30-15(3)9-19(32-22)16-7-8-33-20(12-28-21(33)11-16)17-5-4-6-18(10-17)31-23(34)29-13-24(25,26)27;/h4-12,14H,13H2,1-3H3,(H2,29,31,34);1H. The monoisotopic (exact) mass is 504 g/mol. The molecule has 4 rings (SSSR count). The number of aromatic nitrogens is 4. The van der Waals surface area contributed by atoms with Crippen LogP contribution in [0.1, 0.15) is 31.3 Å². The molecule has 0 fully saturated rings. The first-order valence-electron chi connectivity index (χ1n) is 10.6. The molecule has 0 atom stereocenters. The fourth-order valence-electron chi connectivity index (χ4n) is 3.46. The SMILES string of the molecule is Cc1cc(-c2ccn3c(-c4cccc(NC(=O)NCC(F)(F)F)c4)cnc3c2)nc(C(C)C)n1.Cl. The van der Waals surface area contributed by atoms with Crippen molar-refractivity contribution in [2.24, 2.45) is 0 Å². The van der Waals surface area contributed by atoms with Crippen molar-refractivity contribution in [2.75, 3.05) is 11.9 Å². The molecule has 0 aliphatic rings. The number of halogens is 4.